The highest BCUT2D eigenvalue weighted by Crippen LogP contribution is 2.08. The Labute approximate surface area is 96.6 Å². The van der Waals surface area contributed by atoms with Crippen LogP contribution in [-0.2, 0) is 13.5 Å². The summed E-state index contributed by atoms with van der Waals surface area (Å²) in [5, 5.41) is 7.71. The number of thioether (sulfide) groups is 1. The maximum Gasteiger partial charge on any atom is 0.0522 e. The maximum atomic E-state index is 4.19. The Morgan fingerprint density at radius 2 is 2.33 bits per heavy atom. The number of rotatable bonds is 7. The van der Waals surface area contributed by atoms with Crippen molar-refractivity contribution in [2.24, 2.45) is 7.05 Å². The summed E-state index contributed by atoms with van der Waals surface area (Å²) in [5.74, 6) is 2.37. The maximum absolute atomic E-state index is 4.19. The highest BCUT2D eigenvalue weighted by Gasteiger charge is 2.08. The van der Waals surface area contributed by atoms with Crippen LogP contribution in [0.1, 0.15) is 19.4 Å². The van der Waals surface area contributed by atoms with Gasteiger partial charge < -0.3 is 5.32 Å². The summed E-state index contributed by atoms with van der Waals surface area (Å²) in [5.41, 5.74) is 1.32. The quantitative estimate of drug-likeness (QED) is 0.769. The summed E-state index contributed by atoms with van der Waals surface area (Å²) in [6.07, 6.45) is 5.14. The molecule has 0 aliphatic carbocycles. The zero-order chi connectivity index (χ0) is 11.1. The van der Waals surface area contributed by atoms with Gasteiger partial charge in [0.15, 0.2) is 0 Å². The van der Waals surface area contributed by atoms with Gasteiger partial charge in [-0.05, 0) is 24.3 Å². The SMILES string of the molecule is CCNC(CSCC)Cc1cnn(C)c1. The zero-order valence-corrected chi connectivity index (χ0v) is 10.7. The number of nitrogens with one attached hydrogen (secondary N) is 1. The van der Waals surface area contributed by atoms with Crippen molar-refractivity contribution in [3.05, 3.63) is 18.0 Å². The van der Waals surface area contributed by atoms with E-state index in [2.05, 4.69) is 30.5 Å². The van der Waals surface area contributed by atoms with Crippen LogP contribution in [0.3, 0.4) is 0 Å². The number of likely N-dealkylation sites (N-methyl/N-ethyl adjacent to an activating group) is 1. The second kappa shape index (κ2) is 6.90. The van der Waals surface area contributed by atoms with Gasteiger partial charge in [0, 0.05) is 25.0 Å². The summed E-state index contributed by atoms with van der Waals surface area (Å²) < 4.78 is 1.87. The van der Waals surface area contributed by atoms with Crippen molar-refractivity contribution in [3.63, 3.8) is 0 Å². The van der Waals surface area contributed by atoms with Crippen molar-refractivity contribution in [2.75, 3.05) is 18.1 Å². The van der Waals surface area contributed by atoms with Crippen molar-refractivity contribution in [3.8, 4) is 0 Å². The fourth-order valence-corrected chi connectivity index (χ4v) is 2.36. The average Bonchev–Trinajstić information content (AvgIpc) is 2.61. The third-order valence-corrected chi connectivity index (χ3v) is 3.30. The standard InChI is InChI=1S/C11H21N3S/c1-4-12-11(9-15-5-2)6-10-7-13-14(3)8-10/h7-8,11-12H,4-6,9H2,1-3H3. The van der Waals surface area contributed by atoms with Crippen molar-refractivity contribution in [1.29, 1.82) is 0 Å². The van der Waals surface area contributed by atoms with E-state index in [-0.39, 0.29) is 0 Å². The van der Waals surface area contributed by atoms with Gasteiger partial charge in [0.05, 0.1) is 6.20 Å². The molecule has 1 rings (SSSR count). The molecular weight excluding hydrogens is 206 g/mol. The molecule has 86 valence electrons. The highest BCUT2D eigenvalue weighted by atomic mass is 32.2. The van der Waals surface area contributed by atoms with Gasteiger partial charge in [-0.15, -0.1) is 0 Å². The predicted octanol–water partition coefficient (Wildman–Crippen LogP) is 1.69. The van der Waals surface area contributed by atoms with E-state index in [1.165, 1.54) is 17.1 Å². The topological polar surface area (TPSA) is 29.9 Å². The van der Waals surface area contributed by atoms with E-state index in [1.807, 2.05) is 29.7 Å². The van der Waals surface area contributed by atoms with E-state index >= 15 is 0 Å². The molecule has 3 nitrogen and oxygen atoms in total. The van der Waals surface area contributed by atoms with Crippen LogP contribution in [0.25, 0.3) is 0 Å². The van der Waals surface area contributed by atoms with Gasteiger partial charge in [0.2, 0.25) is 0 Å². The highest BCUT2D eigenvalue weighted by molar-refractivity contribution is 7.99. The number of hydrogen-bond donors (Lipinski definition) is 1. The normalized spacial score (nSPS) is 13.0. The van der Waals surface area contributed by atoms with E-state index in [0.29, 0.717) is 6.04 Å². The number of aryl methyl sites for hydroxylation is 1. The fourth-order valence-electron chi connectivity index (χ4n) is 1.60. The number of aromatic nitrogens is 2. The second-order valence-corrected chi connectivity index (χ2v) is 4.96. The van der Waals surface area contributed by atoms with Crippen molar-refractivity contribution in [1.82, 2.24) is 15.1 Å². The molecule has 0 amide bonds. The lowest BCUT2D eigenvalue weighted by Gasteiger charge is -2.16. The van der Waals surface area contributed by atoms with Gasteiger partial charge in [-0.1, -0.05) is 13.8 Å². The van der Waals surface area contributed by atoms with Gasteiger partial charge in [-0.25, -0.2) is 0 Å². The van der Waals surface area contributed by atoms with Gasteiger partial charge in [0.25, 0.3) is 0 Å². The van der Waals surface area contributed by atoms with Crippen molar-refractivity contribution in [2.45, 2.75) is 26.3 Å². The number of hydrogen-bond acceptors (Lipinski definition) is 3. The molecule has 0 saturated carbocycles. The van der Waals surface area contributed by atoms with Crippen LogP contribution in [0.15, 0.2) is 12.4 Å². The Morgan fingerprint density at radius 3 is 2.87 bits per heavy atom. The molecule has 1 N–H and O–H groups in total. The van der Waals surface area contributed by atoms with Crippen LogP contribution in [0.4, 0.5) is 0 Å². The molecular formula is C11H21N3S. The molecule has 1 heterocycles. The molecule has 0 saturated heterocycles. The molecule has 0 bridgehead atoms. The monoisotopic (exact) mass is 227 g/mol. The van der Waals surface area contributed by atoms with E-state index in [4.69, 9.17) is 0 Å². The fraction of sp³-hybridized carbons (Fsp3) is 0.727. The molecule has 0 radical (unpaired) electrons. The van der Waals surface area contributed by atoms with Crippen LogP contribution in [0.2, 0.25) is 0 Å². The molecule has 0 aromatic carbocycles. The number of nitrogens with zero attached hydrogens (tertiary/aromatic N) is 2. The second-order valence-electron chi connectivity index (χ2n) is 3.64. The molecule has 1 aromatic heterocycles. The molecule has 1 unspecified atom stereocenters. The minimum Gasteiger partial charge on any atom is -0.313 e. The average molecular weight is 227 g/mol. The van der Waals surface area contributed by atoms with Crippen molar-refractivity contribution < 1.29 is 0 Å². The third kappa shape index (κ3) is 4.71. The Bertz CT molecular complexity index is 273. The van der Waals surface area contributed by atoms with E-state index in [0.717, 1.165) is 13.0 Å². The predicted molar refractivity (Wildman–Crippen MR) is 67.4 cm³/mol. The van der Waals surface area contributed by atoms with Crippen molar-refractivity contribution >= 4 is 11.8 Å². The Morgan fingerprint density at radius 1 is 1.53 bits per heavy atom. The van der Waals surface area contributed by atoms with Gasteiger partial charge in [-0.2, -0.15) is 16.9 Å². The molecule has 0 spiro atoms. The lowest BCUT2D eigenvalue weighted by atomic mass is 10.1. The Hall–Kier alpha value is -0.480. The first kappa shape index (κ1) is 12.6. The molecule has 15 heavy (non-hydrogen) atoms. The van der Waals surface area contributed by atoms with Gasteiger partial charge in [0.1, 0.15) is 0 Å². The summed E-state index contributed by atoms with van der Waals surface area (Å²) in [4.78, 5) is 0. The molecule has 1 aromatic rings. The summed E-state index contributed by atoms with van der Waals surface area (Å²) >= 11 is 1.99. The Kier molecular flexibility index (Phi) is 5.79. The van der Waals surface area contributed by atoms with Crippen LogP contribution in [0.5, 0.6) is 0 Å². The molecule has 0 aliphatic rings. The molecule has 0 aliphatic heterocycles. The van der Waals surface area contributed by atoms with Crippen LogP contribution >= 0.6 is 11.8 Å². The summed E-state index contributed by atoms with van der Waals surface area (Å²) in [6, 6.07) is 0.573. The summed E-state index contributed by atoms with van der Waals surface area (Å²) in [6.45, 7) is 5.40. The minimum absolute atomic E-state index is 0.573. The summed E-state index contributed by atoms with van der Waals surface area (Å²) in [7, 11) is 1.96. The third-order valence-electron chi connectivity index (χ3n) is 2.26. The van der Waals surface area contributed by atoms with E-state index in [1.54, 1.807) is 0 Å². The molecule has 1 atom stereocenters. The lowest BCUT2D eigenvalue weighted by molar-refractivity contribution is 0.572. The van der Waals surface area contributed by atoms with Crippen LogP contribution in [0, 0.1) is 0 Å². The van der Waals surface area contributed by atoms with E-state index < -0.39 is 0 Å². The lowest BCUT2D eigenvalue weighted by Crippen LogP contribution is -2.33. The minimum atomic E-state index is 0.573. The molecule has 0 fully saturated rings. The smallest absolute Gasteiger partial charge is 0.0522 e. The zero-order valence-electron chi connectivity index (χ0n) is 9.86. The van der Waals surface area contributed by atoms with E-state index in [9.17, 15) is 0 Å². The molecule has 4 heteroatoms. The Balaban J connectivity index is 2.42. The largest absolute Gasteiger partial charge is 0.313 e. The van der Waals surface area contributed by atoms with Gasteiger partial charge >= 0.3 is 0 Å². The van der Waals surface area contributed by atoms with Crippen LogP contribution < -0.4 is 5.32 Å². The van der Waals surface area contributed by atoms with Gasteiger partial charge in [-0.3, -0.25) is 4.68 Å². The first-order chi connectivity index (χ1) is 7.26. The first-order valence-electron chi connectivity index (χ1n) is 5.54. The first-order valence-corrected chi connectivity index (χ1v) is 6.70. The van der Waals surface area contributed by atoms with Crippen LogP contribution in [-0.4, -0.2) is 33.9 Å².